The Labute approximate surface area is 107 Å². The van der Waals surface area contributed by atoms with Crippen LogP contribution < -0.4 is 0 Å². The van der Waals surface area contributed by atoms with E-state index in [4.69, 9.17) is 5.11 Å². The Morgan fingerprint density at radius 1 is 1.59 bits per heavy atom. The molecule has 1 aromatic heterocycles. The second kappa shape index (κ2) is 6.47. The summed E-state index contributed by atoms with van der Waals surface area (Å²) in [4.78, 5) is 8.26. The predicted molar refractivity (Wildman–Crippen MR) is 71.4 cm³/mol. The van der Waals surface area contributed by atoms with Gasteiger partial charge in [0.1, 0.15) is 0 Å². The molecule has 1 unspecified atom stereocenters. The highest BCUT2D eigenvalue weighted by atomic mass is 32.1. The monoisotopic (exact) mass is 254 g/mol. The number of nitrogens with zero attached hydrogens (tertiary/aromatic N) is 2. The molecule has 96 valence electrons. The van der Waals surface area contributed by atoms with Crippen LogP contribution in [0.1, 0.15) is 29.8 Å². The summed E-state index contributed by atoms with van der Waals surface area (Å²) in [5, 5.41) is 9.00. The Morgan fingerprint density at radius 3 is 3.18 bits per heavy atom. The van der Waals surface area contributed by atoms with Crippen molar-refractivity contribution in [2.45, 2.75) is 32.6 Å². The van der Waals surface area contributed by atoms with Crippen molar-refractivity contribution in [1.82, 2.24) is 9.88 Å². The number of piperidine rings is 1. The van der Waals surface area contributed by atoms with E-state index in [2.05, 4.69) is 16.8 Å². The largest absolute Gasteiger partial charge is 0.396 e. The van der Waals surface area contributed by atoms with Crippen LogP contribution in [0.4, 0.5) is 0 Å². The third-order valence-electron chi connectivity index (χ3n) is 3.64. The van der Waals surface area contributed by atoms with Gasteiger partial charge in [-0.1, -0.05) is 0 Å². The van der Waals surface area contributed by atoms with Crippen LogP contribution in [-0.4, -0.2) is 41.2 Å². The highest BCUT2D eigenvalue weighted by Crippen LogP contribution is 2.20. The van der Waals surface area contributed by atoms with E-state index in [1.807, 2.05) is 5.51 Å². The minimum Gasteiger partial charge on any atom is -0.396 e. The highest BCUT2D eigenvalue weighted by molar-refractivity contribution is 7.09. The maximum Gasteiger partial charge on any atom is 0.0797 e. The van der Waals surface area contributed by atoms with Gasteiger partial charge in [0, 0.05) is 24.6 Å². The van der Waals surface area contributed by atoms with Gasteiger partial charge in [-0.15, -0.1) is 11.3 Å². The lowest BCUT2D eigenvalue weighted by Gasteiger charge is -2.32. The molecule has 2 rings (SSSR count). The first-order valence-corrected chi connectivity index (χ1v) is 7.39. The van der Waals surface area contributed by atoms with Crippen LogP contribution in [0.5, 0.6) is 0 Å². The quantitative estimate of drug-likeness (QED) is 0.874. The van der Waals surface area contributed by atoms with Crippen LogP contribution in [0.3, 0.4) is 0 Å². The molecule has 2 heterocycles. The van der Waals surface area contributed by atoms with Crippen molar-refractivity contribution in [1.29, 1.82) is 0 Å². The Kier molecular flexibility index (Phi) is 4.95. The van der Waals surface area contributed by atoms with E-state index in [1.165, 1.54) is 36.5 Å². The number of aromatic nitrogens is 1. The van der Waals surface area contributed by atoms with Crippen molar-refractivity contribution < 1.29 is 5.11 Å². The standard InChI is InChI=1S/C13H22N2OS/c1-11-13(17-10-14-11)4-7-15-6-2-3-12(9-15)5-8-16/h10,12,16H,2-9H2,1H3. The van der Waals surface area contributed by atoms with Gasteiger partial charge in [0.2, 0.25) is 0 Å². The zero-order chi connectivity index (χ0) is 12.1. The van der Waals surface area contributed by atoms with Crippen molar-refractivity contribution in [3.05, 3.63) is 16.1 Å². The average Bonchev–Trinajstić information content (AvgIpc) is 2.73. The molecule has 1 aliphatic heterocycles. The molecule has 0 saturated carbocycles. The summed E-state index contributed by atoms with van der Waals surface area (Å²) in [6.07, 6.45) is 4.67. The van der Waals surface area contributed by atoms with Gasteiger partial charge in [0.05, 0.1) is 11.2 Å². The molecule has 0 bridgehead atoms. The van der Waals surface area contributed by atoms with Crippen LogP contribution >= 0.6 is 11.3 Å². The molecule has 0 aromatic carbocycles. The number of aryl methyl sites for hydroxylation is 1. The van der Waals surface area contributed by atoms with Crippen molar-refractivity contribution in [3.63, 3.8) is 0 Å². The number of hydrogen-bond donors (Lipinski definition) is 1. The van der Waals surface area contributed by atoms with Crippen molar-refractivity contribution in [3.8, 4) is 0 Å². The SMILES string of the molecule is Cc1ncsc1CCN1CCCC(CCO)C1. The third kappa shape index (κ3) is 3.76. The highest BCUT2D eigenvalue weighted by Gasteiger charge is 2.19. The Hall–Kier alpha value is -0.450. The van der Waals surface area contributed by atoms with E-state index in [0.717, 1.165) is 19.4 Å². The molecule has 0 spiro atoms. The number of rotatable bonds is 5. The molecule has 1 aliphatic rings. The second-order valence-corrected chi connectivity index (χ2v) is 5.87. The Bertz CT molecular complexity index is 338. The number of hydrogen-bond acceptors (Lipinski definition) is 4. The fraction of sp³-hybridized carbons (Fsp3) is 0.769. The van der Waals surface area contributed by atoms with E-state index in [0.29, 0.717) is 12.5 Å². The molecular weight excluding hydrogens is 232 g/mol. The van der Waals surface area contributed by atoms with Crippen LogP contribution in [0.25, 0.3) is 0 Å². The third-order valence-corrected chi connectivity index (χ3v) is 4.64. The number of likely N-dealkylation sites (tertiary alicyclic amines) is 1. The number of aliphatic hydroxyl groups excluding tert-OH is 1. The molecule has 1 aromatic rings. The molecule has 3 nitrogen and oxygen atoms in total. The minimum atomic E-state index is 0.340. The minimum absolute atomic E-state index is 0.340. The molecule has 0 radical (unpaired) electrons. The fourth-order valence-electron chi connectivity index (χ4n) is 2.60. The maximum atomic E-state index is 9.00. The molecule has 0 aliphatic carbocycles. The van der Waals surface area contributed by atoms with Gasteiger partial charge in [-0.3, -0.25) is 0 Å². The molecule has 1 fully saturated rings. The molecule has 1 saturated heterocycles. The van der Waals surface area contributed by atoms with Gasteiger partial charge >= 0.3 is 0 Å². The van der Waals surface area contributed by atoms with Crippen LogP contribution in [0.15, 0.2) is 5.51 Å². The molecule has 1 atom stereocenters. The number of thiazole rings is 1. The summed E-state index contributed by atoms with van der Waals surface area (Å²) in [5.41, 5.74) is 3.13. The molecular formula is C13H22N2OS. The summed E-state index contributed by atoms with van der Waals surface area (Å²) in [5.74, 6) is 0.705. The first-order valence-electron chi connectivity index (χ1n) is 6.51. The topological polar surface area (TPSA) is 36.4 Å². The smallest absolute Gasteiger partial charge is 0.0797 e. The summed E-state index contributed by atoms with van der Waals surface area (Å²) in [6, 6.07) is 0. The van der Waals surface area contributed by atoms with Crippen LogP contribution in [0.2, 0.25) is 0 Å². The molecule has 1 N–H and O–H groups in total. The lowest BCUT2D eigenvalue weighted by molar-refractivity contribution is 0.149. The zero-order valence-electron chi connectivity index (χ0n) is 10.6. The van der Waals surface area contributed by atoms with Crippen molar-refractivity contribution >= 4 is 11.3 Å². The molecule has 0 amide bonds. The van der Waals surface area contributed by atoms with Gasteiger partial charge < -0.3 is 10.0 Å². The molecule has 4 heteroatoms. The summed E-state index contributed by atoms with van der Waals surface area (Å²) in [6.45, 7) is 5.96. The van der Waals surface area contributed by atoms with E-state index in [1.54, 1.807) is 11.3 Å². The fourth-order valence-corrected chi connectivity index (χ4v) is 3.37. The van der Waals surface area contributed by atoms with Crippen LogP contribution in [0, 0.1) is 12.8 Å². The first-order chi connectivity index (χ1) is 8.29. The van der Waals surface area contributed by atoms with Gasteiger partial charge in [0.25, 0.3) is 0 Å². The predicted octanol–water partition coefficient (Wildman–Crippen LogP) is 2.09. The van der Waals surface area contributed by atoms with E-state index in [9.17, 15) is 0 Å². The lowest BCUT2D eigenvalue weighted by atomic mass is 9.95. The van der Waals surface area contributed by atoms with E-state index in [-0.39, 0.29) is 0 Å². The first kappa shape index (κ1) is 13.0. The van der Waals surface area contributed by atoms with Gasteiger partial charge in [-0.25, -0.2) is 4.98 Å². The van der Waals surface area contributed by atoms with Gasteiger partial charge in [-0.2, -0.15) is 0 Å². The van der Waals surface area contributed by atoms with Gasteiger partial charge in [-0.05, 0) is 45.1 Å². The number of aliphatic hydroxyl groups is 1. The normalized spacial score (nSPS) is 21.9. The molecule has 17 heavy (non-hydrogen) atoms. The summed E-state index contributed by atoms with van der Waals surface area (Å²) >= 11 is 1.77. The summed E-state index contributed by atoms with van der Waals surface area (Å²) < 4.78 is 0. The van der Waals surface area contributed by atoms with Gasteiger partial charge in [0.15, 0.2) is 0 Å². The average molecular weight is 254 g/mol. The van der Waals surface area contributed by atoms with Crippen molar-refractivity contribution in [2.24, 2.45) is 5.92 Å². The van der Waals surface area contributed by atoms with E-state index >= 15 is 0 Å². The van der Waals surface area contributed by atoms with Crippen LogP contribution in [-0.2, 0) is 6.42 Å². The Balaban J connectivity index is 1.77. The van der Waals surface area contributed by atoms with E-state index < -0.39 is 0 Å². The Morgan fingerprint density at radius 2 is 2.47 bits per heavy atom. The second-order valence-electron chi connectivity index (χ2n) is 4.93. The summed E-state index contributed by atoms with van der Waals surface area (Å²) in [7, 11) is 0. The zero-order valence-corrected chi connectivity index (χ0v) is 11.4. The van der Waals surface area contributed by atoms with Crippen molar-refractivity contribution in [2.75, 3.05) is 26.2 Å². The maximum absolute atomic E-state index is 9.00. The lowest BCUT2D eigenvalue weighted by Crippen LogP contribution is -2.37.